The minimum Gasteiger partial charge on any atom is -0.482 e. The van der Waals surface area contributed by atoms with E-state index in [1.807, 2.05) is 29.0 Å². The quantitative estimate of drug-likeness (QED) is 0.306. The number of nitrogens with zero attached hydrogens (tertiary/aromatic N) is 7. The molecule has 1 amide bonds. The number of ether oxygens (including phenoxy) is 1. The molecule has 0 atom stereocenters. The Labute approximate surface area is 253 Å². The average Bonchev–Trinajstić information content (AvgIpc) is 3.57. The molecule has 1 N–H and O–H groups in total. The predicted molar refractivity (Wildman–Crippen MR) is 170 cm³/mol. The summed E-state index contributed by atoms with van der Waals surface area (Å²) in [5.41, 5.74) is 3.83. The highest BCUT2D eigenvalue weighted by molar-refractivity contribution is 5.98. The normalized spacial score (nSPS) is 17.8. The van der Waals surface area contributed by atoms with Crippen molar-refractivity contribution in [3.63, 3.8) is 0 Å². The summed E-state index contributed by atoms with van der Waals surface area (Å²) < 4.78 is 11.6. The van der Waals surface area contributed by atoms with Gasteiger partial charge < -0.3 is 24.4 Å². The lowest BCUT2D eigenvalue weighted by Gasteiger charge is -2.30. The Morgan fingerprint density at radius 2 is 1.89 bits per heavy atom. The molecule has 224 valence electrons. The molecule has 8 rings (SSSR count). The van der Waals surface area contributed by atoms with Gasteiger partial charge in [-0.1, -0.05) is 12.2 Å². The van der Waals surface area contributed by atoms with Crippen LogP contribution in [0.2, 0.25) is 0 Å². The Balaban J connectivity index is 1.18. The highest BCUT2D eigenvalue weighted by Gasteiger charge is 2.27. The topological polar surface area (TPSA) is 102 Å². The first-order chi connectivity index (χ1) is 21.5. The number of likely N-dealkylation sites (tertiary alicyclic amines) is 1. The van der Waals surface area contributed by atoms with Gasteiger partial charge in [-0.2, -0.15) is 4.98 Å². The minimum absolute atomic E-state index is 0.0241. The van der Waals surface area contributed by atoms with E-state index in [0.29, 0.717) is 47.5 Å². The fraction of sp³-hybridized carbons (Fsp3) is 0.333. The maximum Gasteiger partial charge on any atom is 0.278 e. The molecule has 0 unspecified atom stereocenters. The van der Waals surface area contributed by atoms with Gasteiger partial charge in [-0.15, -0.1) is 0 Å². The summed E-state index contributed by atoms with van der Waals surface area (Å²) in [6.07, 6.45) is 11.8. The largest absolute Gasteiger partial charge is 0.482 e. The Kier molecular flexibility index (Phi) is 6.48. The van der Waals surface area contributed by atoms with Crippen LogP contribution in [0, 0.1) is 0 Å². The number of aromatic nitrogens is 5. The minimum atomic E-state index is -0.174. The summed E-state index contributed by atoms with van der Waals surface area (Å²) in [5, 5.41) is 4.94. The van der Waals surface area contributed by atoms with E-state index in [4.69, 9.17) is 9.72 Å². The molecule has 5 aromatic rings. The van der Waals surface area contributed by atoms with Gasteiger partial charge in [0.15, 0.2) is 12.3 Å². The highest BCUT2D eigenvalue weighted by atomic mass is 16.5. The van der Waals surface area contributed by atoms with Crippen molar-refractivity contribution >= 4 is 45.2 Å². The zero-order valence-electron chi connectivity index (χ0n) is 24.6. The van der Waals surface area contributed by atoms with Crippen molar-refractivity contribution in [3.8, 4) is 11.4 Å². The molecule has 0 spiro atoms. The van der Waals surface area contributed by atoms with Crippen LogP contribution < -0.4 is 20.5 Å². The molecule has 0 saturated carbocycles. The van der Waals surface area contributed by atoms with Crippen LogP contribution in [0.5, 0.6) is 5.75 Å². The number of carbonyl (C=O) groups excluding carboxylic acids is 1. The van der Waals surface area contributed by atoms with Gasteiger partial charge in [0.25, 0.3) is 11.5 Å². The third kappa shape index (κ3) is 4.55. The molecule has 1 fully saturated rings. The number of piperidine rings is 1. The number of amides is 1. The van der Waals surface area contributed by atoms with Crippen molar-refractivity contribution in [3.05, 3.63) is 77.4 Å². The van der Waals surface area contributed by atoms with Gasteiger partial charge in [0.2, 0.25) is 5.95 Å². The zero-order chi connectivity index (χ0) is 29.8. The standard InChI is InChI=1S/C33H34N8O3/c1-37-15-11-24(12-16-37)38-17-10-22-18-23(6-8-27(22)38)35-33-34-20-26-31(36-33)41-25-7-9-29-28(19-25)39(30(42)21-44-29)13-4-2-3-5-14-40(41)32(26)43/h3,5-10,17-20,24H,2,4,11-16,21H2,1H3,(H,34,35,36). The van der Waals surface area contributed by atoms with Crippen LogP contribution in [0.1, 0.15) is 31.7 Å². The summed E-state index contributed by atoms with van der Waals surface area (Å²) in [6.45, 7) is 3.24. The van der Waals surface area contributed by atoms with Crippen molar-refractivity contribution in [2.45, 2.75) is 38.3 Å². The van der Waals surface area contributed by atoms with E-state index in [2.05, 4.69) is 63.4 Å². The number of nitrogens with one attached hydrogen (secondary N) is 1. The molecule has 1 saturated heterocycles. The zero-order valence-corrected chi connectivity index (χ0v) is 24.6. The average molecular weight is 591 g/mol. The second-order valence-corrected chi connectivity index (χ2v) is 11.9. The molecule has 0 aliphatic carbocycles. The second kappa shape index (κ2) is 10.7. The van der Waals surface area contributed by atoms with Crippen LogP contribution in [-0.2, 0) is 11.3 Å². The first-order valence-corrected chi connectivity index (χ1v) is 15.3. The van der Waals surface area contributed by atoms with Crippen LogP contribution in [-0.4, -0.2) is 68.0 Å². The fourth-order valence-corrected chi connectivity index (χ4v) is 6.71. The molecule has 44 heavy (non-hydrogen) atoms. The van der Waals surface area contributed by atoms with E-state index in [1.54, 1.807) is 15.8 Å². The van der Waals surface area contributed by atoms with Gasteiger partial charge in [-0.05, 0) is 88.3 Å². The summed E-state index contributed by atoms with van der Waals surface area (Å²) in [6, 6.07) is 14.7. The Hall–Kier alpha value is -4.90. The van der Waals surface area contributed by atoms with E-state index in [0.717, 1.165) is 55.5 Å². The van der Waals surface area contributed by atoms with Crippen LogP contribution in [0.15, 0.2) is 71.8 Å². The molecule has 2 aromatic carbocycles. The number of hydrogen-bond donors (Lipinski definition) is 1. The van der Waals surface area contributed by atoms with Crippen molar-refractivity contribution < 1.29 is 9.53 Å². The molecule has 3 aliphatic heterocycles. The van der Waals surface area contributed by atoms with E-state index < -0.39 is 0 Å². The number of rotatable bonds is 3. The van der Waals surface area contributed by atoms with Crippen LogP contribution in [0.4, 0.5) is 17.3 Å². The van der Waals surface area contributed by atoms with Crippen LogP contribution in [0.25, 0.3) is 27.6 Å². The Bertz CT molecular complexity index is 2000. The summed E-state index contributed by atoms with van der Waals surface area (Å²) >= 11 is 0. The van der Waals surface area contributed by atoms with E-state index in [1.165, 1.54) is 5.52 Å². The van der Waals surface area contributed by atoms with Gasteiger partial charge in [-0.3, -0.25) is 9.59 Å². The lowest BCUT2D eigenvalue weighted by molar-refractivity contribution is -0.121. The number of carbonyl (C=O) groups is 1. The fourth-order valence-electron chi connectivity index (χ4n) is 6.71. The first-order valence-electron chi connectivity index (χ1n) is 15.3. The van der Waals surface area contributed by atoms with Gasteiger partial charge in [0, 0.05) is 41.6 Å². The van der Waals surface area contributed by atoms with E-state index in [9.17, 15) is 9.59 Å². The molecule has 6 heterocycles. The number of fused-ring (bicyclic) bond motifs is 6. The maximum atomic E-state index is 13.6. The second-order valence-electron chi connectivity index (χ2n) is 11.9. The summed E-state index contributed by atoms with van der Waals surface area (Å²) in [4.78, 5) is 39.9. The number of allylic oxidation sites excluding steroid dienone is 2. The van der Waals surface area contributed by atoms with Crippen molar-refractivity contribution in [1.82, 2.24) is 28.8 Å². The monoisotopic (exact) mass is 590 g/mol. The number of anilines is 3. The van der Waals surface area contributed by atoms with Crippen LogP contribution >= 0.6 is 0 Å². The molecule has 3 aromatic heterocycles. The third-order valence-electron chi connectivity index (χ3n) is 9.06. The lowest BCUT2D eigenvalue weighted by Crippen LogP contribution is -2.39. The molecule has 3 aliphatic rings. The molecule has 11 heteroatoms. The van der Waals surface area contributed by atoms with E-state index >= 15 is 0 Å². The SMILES string of the molecule is CN1CCC(n2ccc3cc(Nc4ncc5c(=O)n6n(c5n4)-c4ccc5c(c4)N(CCCC=CC6)C(=O)CO5)ccc32)CC1. The van der Waals surface area contributed by atoms with E-state index in [-0.39, 0.29) is 18.1 Å². The highest BCUT2D eigenvalue weighted by Crippen LogP contribution is 2.35. The number of benzene rings is 2. The summed E-state index contributed by atoms with van der Waals surface area (Å²) in [7, 11) is 2.18. The van der Waals surface area contributed by atoms with Gasteiger partial charge >= 0.3 is 0 Å². The van der Waals surface area contributed by atoms with Crippen LogP contribution in [0.3, 0.4) is 0 Å². The summed E-state index contributed by atoms with van der Waals surface area (Å²) in [5.74, 6) is 0.980. The van der Waals surface area contributed by atoms with Gasteiger partial charge in [0.1, 0.15) is 11.1 Å². The van der Waals surface area contributed by atoms with Crippen molar-refractivity contribution in [1.29, 1.82) is 0 Å². The molecular weight excluding hydrogens is 556 g/mol. The first kappa shape index (κ1) is 26.7. The predicted octanol–water partition coefficient (Wildman–Crippen LogP) is 4.62. The van der Waals surface area contributed by atoms with Crippen molar-refractivity contribution in [2.75, 3.05) is 43.5 Å². The lowest BCUT2D eigenvalue weighted by atomic mass is 10.1. The smallest absolute Gasteiger partial charge is 0.278 e. The number of hydrogen-bond acceptors (Lipinski definition) is 7. The molecule has 0 radical (unpaired) electrons. The van der Waals surface area contributed by atoms with Crippen molar-refractivity contribution in [2.24, 2.45) is 0 Å². The Morgan fingerprint density at radius 3 is 2.77 bits per heavy atom. The molecule has 2 bridgehead atoms. The Morgan fingerprint density at radius 1 is 1.00 bits per heavy atom. The third-order valence-corrected chi connectivity index (χ3v) is 9.06. The molecule has 11 nitrogen and oxygen atoms in total. The molecular formula is C33H34N8O3. The maximum absolute atomic E-state index is 13.6. The van der Waals surface area contributed by atoms with Gasteiger partial charge in [0.05, 0.1) is 17.9 Å². The van der Waals surface area contributed by atoms with Gasteiger partial charge in [-0.25, -0.2) is 14.3 Å².